The van der Waals surface area contributed by atoms with E-state index >= 15 is 0 Å². The van der Waals surface area contributed by atoms with Crippen molar-refractivity contribution in [2.75, 3.05) is 18.8 Å². The van der Waals surface area contributed by atoms with Gasteiger partial charge in [-0.15, -0.1) is 34.4 Å². The Morgan fingerprint density at radius 3 is 2.69 bits per heavy atom. The molecule has 0 aromatic carbocycles. The number of carbonyl (C=O) groups is 1. The lowest BCUT2D eigenvalue weighted by atomic mass is 10.1. The van der Waals surface area contributed by atoms with Crippen LogP contribution in [0.5, 0.6) is 0 Å². The summed E-state index contributed by atoms with van der Waals surface area (Å²) in [6.45, 7) is 1.17. The van der Waals surface area contributed by atoms with Gasteiger partial charge in [0.25, 0.3) is 0 Å². The van der Waals surface area contributed by atoms with Crippen LogP contribution in [0.3, 0.4) is 0 Å². The van der Waals surface area contributed by atoms with E-state index in [1.165, 1.54) is 22.7 Å². The first-order valence-electron chi connectivity index (χ1n) is 8.09. The second-order valence-corrected chi connectivity index (χ2v) is 11.6. The lowest BCUT2D eigenvalue weighted by Crippen LogP contribution is -2.46. The number of thioether (sulfide) groups is 1. The van der Waals surface area contributed by atoms with E-state index in [1.54, 1.807) is 29.3 Å². The SMILES string of the molecule is O=C(CSCc1ccc(Cl)s1)N1CCC(NS(=O)(=O)c2cccs2)CC1. The number of halogens is 1. The number of rotatable bonds is 7. The van der Waals surface area contributed by atoms with Crippen molar-refractivity contribution in [1.82, 2.24) is 9.62 Å². The Hall–Kier alpha value is -0.580. The molecule has 1 N–H and O–H groups in total. The van der Waals surface area contributed by atoms with Gasteiger partial charge in [-0.2, -0.15) is 0 Å². The Kier molecular flexibility index (Phi) is 7.04. The molecule has 2 aromatic heterocycles. The number of nitrogens with zero attached hydrogens (tertiary/aromatic N) is 1. The minimum atomic E-state index is -3.45. The molecule has 26 heavy (non-hydrogen) atoms. The van der Waals surface area contributed by atoms with Gasteiger partial charge in [0.15, 0.2) is 0 Å². The zero-order chi connectivity index (χ0) is 18.6. The quantitative estimate of drug-likeness (QED) is 0.698. The van der Waals surface area contributed by atoms with Crippen LogP contribution in [-0.2, 0) is 20.6 Å². The molecule has 5 nitrogen and oxygen atoms in total. The van der Waals surface area contributed by atoms with Crippen LogP contribution in [0.1, 0.15) is 17.7 Å². The van der Waals surface area contributed by atoms with Gasteiger partial charge in [0, 0.05) is 29.8 Å². The number of sulfonamides is 1. The van der Waals surface area contributed by atoms with Crippen LogP contribution in [-0.4, -0.2) is 44.1 Å². The Labute approximate surface area is 170 Å². The van der Waals surface area contributed by atoms with Gasteiger partial charge in [0.05, 0.1) is 10.1 Å². The van der Waals surface area contributed by atoms with Gasteiger partial charge < -0.3 is 4.90 Å². The van der Waals surface area contributed by atoms with Crippen LogP contribution in [0, 0.1) is 0 Å². The average Bonchev–Trinajstić information content (AvgIpc) is 3.27. The fourth-order valence-electron chi connectivity index (χ4n) is 2.70. The highest BCUT2D eigenvalue weighted by Crippen LogP contribution is 2.25. The van der Waals surface area contributed by atoms with Crippen molar-refractivity contribution in [3.8, 4) is 0 Å². The molecule has 142 valence electrons. The van der Waals surface area contributed by atoms with E-state index in [0.717, 1.165) is 15.0 Å². The van der Waals surface area contributed by atoms with Crippen molar-refractivity contribution in [2.45, 2.75) is 28.8 Å². The molecular weight excluding hydrogens is 432 g/mol. The molecule has 0 unspecified atom stereocenters. The average molecular weight is 451 g/mol. The number of nitrogens with one attached hydrogen (secondary N) is 1. The number of hydrogen-bond donors (Lipinski definition) is 1. The summed E-state index contributed by atoms with van der Waals surface area (Å²) >= 11 is 10.2. The van der Waals surface area contributed by atoms with Crippen LogP contribution < -0.4 is 4.72 Å². The Morgan fingerprint density at radius 2 is 2.08 bits per heavy atom. The first-order valence-corrected chi connectivity index (χ1v) is 12.8. The van der Waals surface area contributed by atoms with E-state index < -0.39 is 10.0 Å². The smallest absolute Gasteiger partial charge is 0.250 e. The number of piperidine rings is 1. The highest BCUT2D eigenvalue weighted by atomic mass is 35.5. The van der Waals surface area contributed by atoms with Gasteiger partial charge in [-0.05, 0) is 36.4 Å². The fourth-order valence-corrected chi connectivity index (χ4v) is 7.14. The van der Waals surface area contributed by atoms with Crippen molar-refractivity contribution >= 4 is 62.0 Å². The second kappa shape index (κ2) is 9.07. The van der Waals surface area contributed by atoms with E-state index in [0.29, 0.717) is 35.9 Å². The third kappa shape index (κ3) is 5.46. The summed E-state index contributed by atoms with van der Waals surface area (Å²) in [7, 11) is -3.45. The number of thiophene rings is 2. The molecule has 1 aliphatic rings. The first-order chi connectivity index (χ1) is 12.4. The maximum Gasteiger partial charge on any atom is 0.250 e. The monoisotopic (exact) mass is 450 g/mol. The topological polar surface area (TPSA) is 66.5 Å². The lowest BCUT2D eigenvalue weighted by Gasteiger charge is -2.32. The summed E-state index contributed by atoms with van der Waals surface area (Å²) < 4.78 is 28.4. The zero-order valence-electron chi connectivity index (χ0n) is 13.9. The molecule has 10 heteroatoms. The summed E-state index contributed by atoms with van der Waals surface area (Å²) in [6.07, 6.45) is 1.28. The van der Waals surface area contributed by atoms with Gasteiger partial charge in [-0.3, -0.25) is 4.79 Å². The molecule has 1 aliphatic heterocycles. The van der Waals surface area contributed by atoms with Crippen molar-refractivity contribution in [1.29, 1.82) is 0 Å². The number of carbonyl (C=O) groups excluding carboxylic acids is 1. The number of likely N-dealkylation sites (tertiary alicyclic amines) is 1. The number of amides is 1. The summed E-state index contributed by atoms with van der Waals surface area (Å²) in [5, 5.41) is 1.75. The number of hydrogen-bond acceptors (Lipinski definition) is 6. The summed E-state index contributed by atoms with van der Waals surface area (Å²) in [6, 6.07) is 7.06. The van der Waals surface area contributed by atoms with Gasteiger partial charge in [0.1, 0.15) is 4.21 Å². The van der Waals surface area contributed by atoms with Crippen molar-refractivity contribution < 1.29 is 13.2 Å². The molecule has 0 spiro atoms. The van der Waals surface area contributed by atoms with Gasteiger partial charge in [0.2, 0.25) is 15.9 Å². The first kappa shape index (κ1) is 20.2. The van der Waals surface area contributed by atoms with Crippen LogP contribution in [0.4, 0.5) is 0 Å². The third-order valence-electron chi connectivity index (χ3n) is 4.03. The molecule has 0 saturated carbocycles. The van der Waals surface area contributed by atoms with E-state index in [9.17, 15) is 13.2 Å². The molecule has 1 amide bonds. The van der Waals surface area contributed by atoms with Crippen molar-refractivity contribution in [3.05, 3.63) is 38.9 Å². The minimum Gasteiger partial charge on any atom is -0.342 e. The minimum absolute atomic E-state index is 0.109. The highest BCUT2D eigenvalue weighted by Gasteiger charge is 2.26. The van der Waals surface area contributed by atoms with Crippen LogP contribution in [0.25, 0.3) is 0 Å². The Balaban J connectivity index is 1.41. The van der Waals surface area contributed by atoms with Crippen LogP contribution in [0.15, 0.2) is 33.9 Å². The zero-order valence-corrected chi connectivity index (χ0v) is 17.9. The van der Waals surface area contributed by atoms with Crippen LogP contribution in [0.2, 0.25) is 4.34 Å². The normalized spacial score (nSPS) is 16.1. The van der Waals surface area contributed by atoms with Gasteiger partial charge >= 0.3 is 0 Å². The molecule has 3 heterocycles. The second-order valence-electron chi connectivity index (χ2n) is 5.91. The van der Waals surface area contributed by atoms with E-state index in [1.807, 2.05) is 17.0 Å². The largest absolute Gasteiger partial charge is 0.342 e. The summed E-state index contributed by atoms with van der Waals surface area (Å²) in [4.78, 5) is 15.3. The predicted molar refractivity (Wildman–Crippen MR) is 110 cm³/mol. The molecule has 1 saturated heterocycles. The predicted octanol–water partition coefficient (Wildman–Crippen LogP) is 3.67. The fraction of sp³-hybridized carbons (Fsp3) is 0.438. The highest BCUT2D eigenvalue weighted by molar-refractivity contribution is 7.99. The molecule has 0 radical (unpaired) electrons. The van der Waals surface area contributed by atoms with Crippen molar-refractivity contribution in [2.24, 2.45) is 0 Å². The third-order valence-corrected chi connectivity index (χ3v) is 9.33. The maximum absolute atomic E-state index is 12.3. The molecule has 0 bridgehead atoms. The summed E-state index contributed by atoms with van der Waals surface area (Å²) in [5.41, 5.74) is 0. The maximum atomic E-state index is 12.3. The molecule has 1 fully saturated rings. The standard InChI is InChI=1S/C16H19ClN2O3S4/c17-14-4-3-13(25-14)10-23-11-15(20)19-7-5-12(6-8-19)18-26(21,22)16-2-1-9-24-16/h1-4,9,12,18H,5-8,10-11H2. The van der Waals surface area contributed by atoms with E-state index in [4.69, 9.17) is 11.6 Å². The van der Waals surface area contributed by atoms with Gasteiger partial charge in [-0.25, -0.2) is 13.1 Å². The van der Waals surface area contributed by atoms with E-state index in [-0.39, 0.29) is 11.9 Å². The Morgan fingerprint density at radius 1 is 1.31 bits per heavy atom. The molecule has 0 atom stereocenters. The molecular formula is C16H19ClN2O3S4. The lowest BCUT2D eigenvalue weighted by molar-refractivity contribution is -0.129. The van der Waals surface area contributed by atoms with Crippen molar-refractivity contribution in [3.63, 3.8) is 0 Å². The summed E-state index contributed by atoms with van der Waals surface area (Å²) in [5.74, 6) is 1.32. The molecule has 0 aliphatic carbocycles. The van der Waals surface area contributed by atoms with Crippen LogP contribution >= 0.6 is 46.0 Å². The van der Waals surface area contributed by atoms with Gasteiger partial charge in [-0.1, -0.05) is 17.7 Å². The van der Waals surface area contributed by atoms with E-state index in [2.05, 4.69) is 4.72 Å². The molecule has 2 aromatic rings. The molecule has 3 rings (SSSR count). The Bertz CT molecular complexity index is 828.